The first-order valence-corrected chi connectivity index (χ1v) is 1.91. The van der Waals surface area contributed by atoms with Gasteiger partial charge in [0, 0.05) is 0 Å². The van der Waals surface area contributed by atoms with E-state index in [-0.39, 0.29) is 0 Å². The molecule has 0 N–H and O–H groups in total. The van der Waals surface area contributed by atoms with Crippen LogP contribution in [0.2, 0.25) is 0 Å². The van der Waals surface area contributed by atoms with E-state index in [9.17, 15) is 0 Å². The van der Waals surface area contributed by atoms with Gasteiger partial charge in [0.05, 0.1) is 0 Å². The molecule has 3 heteroatoms. The van der Waals surface area contributed by atoms with Gasteiger partial charge in [-0.3, -0.25) is 0 Å². The third-order valence-corrected chi connectivity index (χ3v) is 0.640. The molecule has 0 aromatic rings. The van der Waals surface area contributed by atoms with Crippen molar-refractivity contribution in [2.45, 2.75) is 0 Å². The first-order chi connectivity index (χ1) is 2.89. The number of rotatable bonds is 0. The maximum atomic E-state index is 4.56. The van der Waals surface area contributed by atoms with Gasteiger partial charge in [-0.2, -0.15) is 4.99 Å². The van der Waals surface area contributed by atoms with Crippen molar-refractivity contribution in [2.24, 2.45) is 4.99 Å². The van der Waals surface area contributed by atoms with Gasteiger partial charge in [0.2, 0.25) is 0 Å². The number of aliphatic imine (C=N–C) groups is 1. The van der Waals surface area contributed by atoms with Crippen molar-refractivity contribution >= 4 is 23.6 Å². The Morgan fingerprint density at radius 3 is 3.00 bits per heavy atom. The van der Waals surface area contributed by atoms with Gasteiger partial charge in [-0.15, -0.1) is 0 Å². The minimum Gasteiger partial charge on any atom is -0.466 e. The maximum Gasteiger partial charge on any atom is 0.279 e. The molecule has 1 heterocycles. The Bertz CT molecular complexity index is 99.0. The highest BCUT2D eigenvalue weighted by Crippen LogP contribution is 1.87. The standard InChI is InChI=1S/C3H2NOS/c6-3-1-5-2-4-3/h1H2. The Kier molecular flexibility index (Phi) is 0.837. The summed E-state index contributed by atoms with van der Waals surface area (Å²) in [5.41, 5.74) is 0. The Balaban J connectivity index is 2.59. The van der Waals surface area contributed by atoms with Crippen molar-refractivity contribution in [3.63, 3.8) is 0 Å². The van der Waals surface area contributed by atoms with Crippen LogP contribution in [0.4, 0.5) is 0 Å². The lowest BCUT2D eigenvalue weighted by atomic mass is 10.7. The molecule has 0 aliphatic carbocycles. The lowest BCUT2D eigenvalue weighted by Crippen LogP contribution is -1.88. The van der Waals surface area contributed by atoms with Crippen LogP contribution < -0.4 is 0 Å². The van der Waals surface area contributed by atoms with Crippen LogP contribution in [0.1, 0.15) is 0 Å². The first kappa shape index (κ1) is 3.74. The molecule has 0 atom stereocenters. The average molecular weight is 100 g/mol. The van der Waals surface area contributed by atoms with Crippen molar-refractivity contribution in [1.29, 1.82) is 0 Å². The normalized spacial score (nSPS) is 18.3. The zero-order valence-corrected chi connectivity index (χ0v) is 3.79. The molecule has 1 aliphatic rings. The first-order valence-electron chi connectivity index (χ1n) is 1.50. The molecule has 6 heavy (non-hydrogen) atoms. The van der Waals surface area contributed by atoms with Gasteiger partial charge >= 0.3 is 0 Å². The molecule has 0 saturated heterocycles. The Morgan fingerprint density at radius 2 is 2.83 bits per heavy atom. The summed E-state index contributed by atoms with van der Waals surface area (Å²) in [6.45, 7) is 0.440. The molecule has 0 fully saturated rings. The van der Waals surface area contributed by atoms with E-state index in [4.69, 9.17) is 0 Å². The summed E-state index contributed by atoms with van der Waals surface area (Å²) in [5, 5.41) is 0. The van der Waals surface area contributed by atoms with Crippen molar-refractivity contribution in [2.75, 3.05) is 6.61 Å². The predicted octanol–water partition coefficient (Wildman–Crippen LogP) is 0.249. The molecule has 0 aromatic carbocycles. The molecule has 2 nitrogen and oxygen atoms in total. The molecular formula is C3H2NOS. The van der Waals surface area contributed by atoms with Crippen LogP contribution in [-0.4, -0.2) is 18.0 Å². The van der Waals surface area contributed by atoms with Crippen LogP contribution in [0.3, 0.4) is 0 Å². The number of thiocarbonyl (C=S) groups is 1. The fourth-order valence-electron chi connectivity index (χ4n) is 0.209. The lowest BCUT2D eigenvalue weighted by molar-refractivity contribution is 0.398. The molecule has 0 aromatic heterocycles. The van der Waals surface area contributed by atoms with Crippen molar-refractivity contribution in [1.82, 2.24) is 0 Å². The fourth-order valence-corrected chi connectivity index (χ4v) is 0.306. The topological polar surface area (TPSA) is 21.6 Å². The van der Waals surface area contributed by atoms with Crippen LogP contribution in [0.25, 0.3) is 0 Å². The van der Waals surface area contributed by atoms with E-state index >= 15 is 0 Å². The molecule has 0 saturated carbocycles. The minimum atomic E-state index is 0.440. The molecule has 0 amide bonds. The molecular weight excluding hydrogens is 98.1 g/mol. The van der Waals surface area contributed by atoms with Gasteiger partial charge in [-0.1, -0.05) is 12.2 Å². The molecule has 1 radical (unpaired) electrons. The summed E-state index contributed by atoms with van der Waals surface area (Å²) in [5.74, 6) is 0. The molecule has 0 unspecified atom stereocenters. The predicted molar refractivity (Wildman–Crippen MR) is 26.0 cm³/mol. The summed E-state index contributed by atoms with van der Waals surface area (Å²) in [7, 11) is 0. The summed E-state index contributed by atoms with van der Waals surface area (Å²) in [4.78, 5) is 4.07. The van der Waals surface area contributed by atoms with Crippen LogP contribution in [0.15, 0.2) is 4.99 Å². The largest absolute Gasteiger partial charge is 0.466 e. The van der Waals surface area contributed by atoms with Crippen LogP contribution in [0.5, 0.6) is 0 Å². The molecule has 1 aliphatic heterocycles. The van der Waals surface area contributed by atoms with Crippen molar-refractivity contribution in [3.8, 4) is 0 Å². The highest BCUT2D eigenvalue weighted by molar-refractivity contribution is 7.80. The molecule has 31 valence electrons. The lowest BCUT2D eigenvalue weighted by Gasteiger charge is -1.77. The molecule has 0 spiro atoms. The van der Waals surface area contributed by atoms with Gasteiger partial charge < -0.3 is 4.74 Å². The number of hydrogen-bond acceptors (Lipinski definition) is 2. The number of hydrogen-bond donors (Lipinski definition) is 0. The minimum absolute atomic E-state index is 0.440. The highest BCUT2D eigenvalue weighted by Gasteiger charge is 1.97. The van der Waals surface area contributed by atoms with E-state index in [1.807, 2.05) is 0 Å². The summed E-state index contributed by atoms with van der Waals surface area (Å²) < 4.78 is 4.50. The Hall–Kier alpha value is -0.440. The Morgan fingerprint density at radius 1 is 2.00 bits per heavy atom. The number of nitrogens with zero attached hydrogens (tertiary/aromatic N) is 1. The molecule has 1 rings (SSSR count). The highest BCUT2D eigenvalue weighted by atomic mass is 32.1. The van der Waals surface area contributed by atoms with E-state index in [1.54, 1.807) is 0 Å². The SMILES string of the molecule is S=C1CO[C]=N1. The van der Waals surface area contributed by atoms with Gasteiger partial charge in [-0.25, -0.2) is 0 Å². The van der Waals surface area contributed by atoms with Crippen molar-refractivity contribution < 1.29 is 4.74 Å². The van der Waals surface area contributed by atoms with Gasteiger partial charge in [0.15, 0.2) is 0 Å². The van der Waals surface area contributed by atoms with E-state index in [0.717, 1.165) is 0 Å². The summed E-state index contributed by atoms with van der Waals surface area (Å²) >= 11 is 4.56. The van der Waals surface area contributed by atoms with Crippen LogP contribution in [-0.2, 0) is 4.74 Å². The van der Waals surface area contributed by atoms with E-state index in [0.29, 0.717) is 11.6 Å². The zero-order valence-electron chi connectivity index (χ0n) is 2.97. The third-order valence-electron chi connectivity index (χ3n) is 0.431. The van der Waals surface area contributed by atoms with Gasteiger partial charge in [-0.05, 0) is 0 Å². The van der Waals surface area contributed by atoms with Crippen LogP contribution in [0, 0.1) is 0 Å². The summed E-state index contributed by atoms with van der Waals surface area (Å²) in [6.07, 6.45) is 2.26. The fraction of sp³-hybridized carbons (Fsp3) is 0.333. The van der Waals surface area contributed by atoms with E-state index < -0.39 is 0 Å². The monoisotopic (exact) mass is 100.0 g/mol. The van der Waals surface area contributed by atoms with E-state index in [2.05, 4.69) is 28.3 Å². The van der Waals surface area contributed by atoms with Crippen molar-refractivity contribution in [3.05, 3.63) is 0 Å². The maximum absolute atomic E-state index is 4.56. The Labute approximate surface area is 40.8 Å². The quantitative estimate of drug-likeness (QED) is 0.407. The van der Waals surface area contributed by atoms with E-state index in [1.165, 1.54) is 0 Å². The second-order valence-electron chi connectivity index (χ2n) is 0.886. The van der Waals surface area contributed by atoms with Gasteiger partial charge in [0.1, 0.15) is 11.6 Å². The molecule has 0 bridgehead atoms. The second kappa shape index (κ2) is 1.34. The second-order valence-corrected chi connectivity index (χ2v) is 1.36. The zero-order chi connectivity index (χ0) is 4.41. The average Bonchev–Trinajstić information content (AvgIpc) is 1.86. The third kappa shape index (κ3) is 0.542. The number of ether oxygens (including phenoxy) is 1. The summed E-state index contributed by atoms with van der Waals surface area (Å²) in [6, 6.07) is 0. The smallest absolute Gasteiger partial charge is 0.279 e. The van der Waals surface area contributed by atoms with Crippen LogP contribution >= 0.6 is 12.2 Å². The van der Waals surface area contributed by atoms with Gasteiger partial charge in [0.25, 0.3) is 6.40 Å².